The van der Waals surface area contributed by atoms with Gasteiger partial charge in [-0.1, -0.05) is 26.0 Å². The van der Waals surface area contributed by atoms with Gasteiger partial charge in [0.05, 0.1) is 6.10 Å². The van der Waals surface area contributed by atoms with Crippen molar-refractivity contribution in [2.75, 3.05) is 13.1 Å². The van der Waals surface area contributed by atoms with E-state index in [1.54, 1.807) is 4.90 Å². The summed E-state index contributed by atoms with van der Waals surface area (Å²) in [5, 5.41) is 9.42. The monoisotopic (exact) mass is 233 g/mol. The number of carbonyl (C=O) groups is 1. The van der Waals surface area contributed by atoms with E-state index in [-0.39, 0.29) is 12.0 Å². The van der Waals surface area contributed by atoms with Crippen LogP contribution in [0.4, 0.5) is 0 Å². The number of hydrogen-bond donors (Lipinski definition) is 1. The molecule has 0 radical (unpaired) electrons. The molecule has 0 bridgehead atoms. The van der Waals surface area contributed by atoms with E-state index in [1.807, 2.05) is 24.3 Å². The largest absolute Gasteiger partial charge is 0.391 e. The molecule has 0 aliphatic carbocycles. The third-order valence-corrected chi connectivity index (χ3v) is 3.27. The molecule has 2 rings (SSSR count). The van der Waals surface area contributed by atoms with E-state index in [0.717, 1.165) is 0 Å². The third-order valence-electron chi connectivity index (χ3n) is 3.27. The molecule has 1 N–H and O–H groups in total. The molecule has 92 valence electrons. The summed E-state index contributed by atoms with van der Waals surface area (Å²) >= 11 is 0. The van der Waals surface area contributed by atoms with Gasteiger partial charge in [0.2, 0.25) is 0 Å². The molecule has 1 fully saturated rings. The topological polar surface area (TPSA) is 40.5 Å². The van der Waals surface area contributed by atoms with Crippen molar-refractivity contribution in [3.05, 3.63) is 35.4 Å². The second-order valence-electron chi connectivity index (χ2n) is 4.97. The molecule has 3 heteroatoms. The van der Waals surface area contributed by atoms with Gasteiger partial charge in [0, 0.05) is 18.7 Å². The Balaban J connectivity index is 2.09. The first-order valence-electron chi connectivity index (χ1n) is 6.15. The van der Waals surface area contributed by atoms with Crippen LogP contribution in [0, 0.1) is 0 Å². The van der Waals surface area contributed by atoms with Gasteiger partial charge in [-0.3, -0.25) is 4.79 Å². The van der Waals surface area contributed by atoms with E-state index in [9.17, 15) is 9.90 Å². The molecule has 1 saturated heterocycles. The maximum Gasteiger partial charge on any atom is 0.253 e. The van der Waals surface area contributed by atoms with E-state index in [1.165, 1.54) is 5.56 Å². The lowest BCUT2D eigenvalue weighted by atomic mass is 10.0. The molecular formula is C14H19NO2. The summed E-state index contributed by atoms with van der Waals surface area (Å²) in [5.41, 5.74) is 1.95. The van der Waals surface area contributed by atoms with Gasteiger partial charge < -0.3 is 10.0 Å². The Hall–Kier alpha value is -1.35. The maximum atomic E-state index is 12.1. The number of nitrogens with zero attached hydrogens (tertiary/aromatic N) is 1. The first-order chi connectivity index (χ1) is 8.08. The standard InChI is InChI=1S/C14H19NO2/c1-10(2)11-3-5-12(6-4-11)14(17)15-8-7-13(16)9-15/h3-6,10,13,16H,7-9H2,1-2H3. The molecule has 0 spiro atoms. The summed E-state index contributed by atoms with van der Waals surface area (Å²) in [6.07, 6.45) is 0.337. The minimum absolute atomic E-state index is 0.0249. The van der Waals surface area contributed by atoms with E-state index in [2.05, 4.69) is 13.8 Å². The van der Waals surface area contributed by atoms with Crippen molar-refractivity contribution >= 4 is 5.91 Å². The van der Waals surface area contributed by atoms with Crippen molar-refractivity contribution in [3.63, 3.8) is 0 Å². The summed E-state index contributed by atoms with van der Waals surface area (Å²) in [6, 6.07) is 7.76. The van der Waals surface area contributed by atoms with Crippen LogP contribution in [0.15, 0.2) is 24.3 Å². The first-order valence-corrected chi connectivity index (χ1v) is 6.15. The Morgan fingerprint density at radius 1 is 1.35 bits per heavy atom. The Morgan fingerprint density at radius 2 is 2.00 bits per heavy atom. The molecule has 17 heavy (non-hydrogen) atoms. The molecular weight excluding hydrogens is 214 g/mol. The molecule has 1 aliphatic heterocycles. The summed E-state index contributed by atoms with van der Waals surface area (Å²) in [6.45, 7) is 5.39. The molecule has 3 nitrogen and oxygen atoms in total. The number of aliphatic hydroxyl groups excluding tert-OH is 1. The van der Waals surface area contributed by atoms with Gasteiger partial charge in [0.25, 0.3) is 5.91 Å². The van der Waals surface area contributed by atoms with Crippen molar-refractivity contribution in [1.82, 2.24) is 4.90 Å². The molecule has 1 atom stereocenters. The lowest BCUT2D eigenvalue weighted by molar-refractivity contribution is 0.0765. The van der Waals surface area contributed by atoms with Crippen LogP contribution in [0.25, 0.3) is 0 Å². The second-order valence-corrected chi connectivity index (χ2v) is 4.97. The molecule has 0 saturated carbocycles. The van der Waals surface area contributed by atoms with Gasteiger partial charge in [-0.05, 0) is 30.0 Å². The van der Waals surface area contributed by atoms with Crippen LogP contribution >= 0.6 is 0 Å². The third kappa shape index (κ3) is 2.67. The molecule has 1 aromatic carbocycles. The number of aliphatic hydroxyl groups is 1. The minimum Gasteiger partial charge on any atom is -0.391 e. The number of amides is 1. The first kappa shape index (κ1) is 12.1. The fourth-order valence-corrected chi connectivity index (χ4v) is 2.12. The molecule has 1 amide bonds. The fourth-order valence-electron chi connectivity index (χ4n) is 2.12. The number of benzene rings is 1. The molecule has 0 aromatic heterocycles. The molecule has 1 unspecified atom stereocenters. The van der Waals surface area contributed by atoms with E-state index < -0.39 is 0 Å². The number of rotatable bonds is 2. The number of carbonyl (C=O) groups excluding carboxylic acids is 1. The zero-order chi connectivity index (χ0) is 12.4. The minimum atomic E-state index is -0.353. The predicted octanol–water partition coefficient (Wildman–Crippen LogP) is 2.02. The lowest BCUT2D eigenvalue weighted by Gasteiger charge is -2.16. The van der Waals surface area contributed by atoms with Crippen LogP contribution in [-0.2, 0) is 0 Å². The summed E-state index contributed by atoms with van der Waals surface area (Å²) in [4.78, 5) is 13.8. The Bertz CT molecular complexity index is 397. The van der Waals surface area contributed by atoms with E-state index in [0.29, 0.717) is 31.0 Å². The zero-order valence-electron chi connectivity index (χ0n) is 10.4. The highest BCUT2D eigenvalue weighted by molar-refractivity contribution is 5.94. The number of hydrogen-bond acceptors (Lipinski definition) is 2. The second kappa shape index (κ2) is 4.88. The average molecular weight is 233 g/mol. The maximum absolute atomic E-state index is 12.1. The van der Waals surface area contributed by atoms with Crippen molar-refractivity contribution in [2.45, 2.75) is 32.3 Å². The van der Waals surface area contributed by atoms with Gasteiger partial charge in [-0.25, -0.2) is 0 Å². The Kier molecular flexibility index (Phi) is 3.48. The normalized spacial score (nSPS) is 20.0. The quantitative estimate of drug-likeness (QED) is 0.849. The fraction of sp³-hybridized carbons (Fsp3) is 0.500. The predicted molar refractivity (Wildman–Crippen MR) is 67.1 cm³/mol. The van der Waals surface area contributed by atoms with Gasteiger partial charge in [0.15, 0.2) is 0 Å². The number of β-amino-alcohol motifs (C(OH)–C–C–N with tert-alkyl or cyclic N) is 1. The van der Waals surface area contributed by atoms with Crippen LogP contribution in [-0.4, -0.2) is 35.1 Å². The lowest BCUT2D eigenvalue weighted by Crippen LogP contribution is -2.29. The van der Waals surface area contributed by atoms with Gasteiger partial charge in [-0.2, -0.15) is 0 Å². The Morgan fingerprint density at radius 3 is 2.47 bits per heavy atom. The summed E-state index contributed by atoms with van der Waals surface area (Å²) in [5.74, 6) is 0.504. The van der Waals surface area contributed by atoms with Crippen molar-refractivity contribution in [2.24, 2.45) is 0 Å². The zero-order valence-corrected chi connectivity index (χ0v) is 10.4. The van der Waals surface area contributed by atoms with Crippen LogP contribution in [0.5, 0.6) is 0 Å². The van der Waals surface area contributed by atoms with Crippen LogP contribution in [0.1, 0.15) is 42.1 Å². The van der Waals surface area contributed by atoms with Crippen LogP contribution < -0.4 is 0 Å². The highest BCUT2D eigenvalue weighted by Crippen LogP contribution is 2.17. The van der Waals surface area contributed by atoms with Crippen molar-refractivity contribution in [1.29, 1.82) is 0 Å². The van der Waals surface area contributed by atoms with Gasteiger partial charge in [0.1, 0.15) is 0 Å². The highest BCUT2D eigenvalue weighted by atomic mass is 16.3. The molecule has 1 aliphatic rings. The summed E-state index contributed by atoms with van der Waals surface area (Å²) < 4.78 is 0. The van der Waals surface area contributed by atoms with Gasteiger partial charge >= 0.3 is 0 Å². The van der Waals surface area contributed by atoms with E-state index in [4.69, 9.17) is 0 Å². The van der Waals surface area contributed by atoms with Crippen LogP contribution in [0.2, 0.25) is 0 Å². The molecule has 1 aromatic rings. The average Bonchev–Trinajstić information content (AvgIpc) is 2.75. The highest BCUT2D eigenvalue weighted by Gasteiger charge is 2.25. The summed E-state index contributed by atoms with van der Waals surface area (Å²) in [7, 11) is 0. The number of likely N-dealkylation sites (tertiary alicyclic amines) is 1. The molecule has 1 heterocycles. The Labute approximate surface area is 102 Å². The van der Waals surface area contributed by atoms with Crippen molar-refractivity contribution < 1.29 is 9.90 Å². The van der Waals surface area contributed by atoms with Crippen LogP contribution in [0.3, 0.4) is 0 Å². The van der Waals surface area contributed by atoms with E-state index >= 15 is 0 Å². The van der Waals surface area contributed by atoms with Crippen molar-refractivity contribution in [3.8, 4) is 0 Å². The smallest absolute Gasteiger partial charge is 0.253 e. The SMILES string of the molecule is CC(C)c1ccc(C(=O)N2CCC(O)C2)cc1. The van der Waals surface area contributed by atoms with Gasteiger partial charge in [-0.15, -0.1) is 0 Å².